The number of hydrogen-bond donors (Lipinski definition) is 1. The second kappa shape index (κ2) is 6.96. The number of thiazole rings is 1. The lowest BCUT2D eigenvalue weighted by atomic mass is 10.2. The summed E-state index contributed by atoms with van der Waals surface area (Å²) < 4.78 is 1.01. The van der Waals surface area contributed by atoms with Crippen molar-refractivity contribution in [1.82, 2.24) is 10.3 Å². The van der Waals surface area contributed by atoms with Gasteiger partial charge in [-0.05, 0) is 6.07 Å². The highest BCUT2D eigenvalue weighted by atomic mass is 35.5. The highest BCUT2D eigenvalue weighted by Gasteiger charge is 2.17. The summed E-state index contributed by atoms with van der Waals surface area (Å²) >= 11 is 9.30. The van der Waals surface area contributed by atoms with Gasteiger partial charge >= 0.3 is 0 Å². The molecule has 0 fully saturated rings. The van der Waals surface area contributed by atoms with Crippen LogP contribution in [0, 0.1) is 0 Å². The van der Waals surface area contributed by atoms with Gasteiger partial charge in [-0.3, -0.25) is 4.79 Å². The second-order valence-corrected chi connectivity index (χ2v) is 7.79. The molecule has 0 aliphatic heterocycles. The summed E-state index contributed by atoms with van der Waals surface area (Å²) in [6.07, 6.45) is 0. The Morgan fingerprint density at radius 1 is 1.08 bits per heavy atom. The van der Waals surface area contributed by atoms with Crippen LogP contribution in [0.4, 0.5) is 0 Å². The smallest absolute Gasteiger partial charge is 0.263 e. The van der Waals surface area contributed by atoms with E-state index in [9.17, 15) is 4.79 Å². The molecule has 2 aromatic heterocycles. The van der Waals surface area contributed by atoms with E-state index < -0.39 is 0 Å². The normalized spacial score (nSPS) is 10.9. The number of nitrogens with zero attached hydrogens (tertiary/aromatic N) is 1. The SMILES string of the molecule is O=C(NCc1nc(-c2ccccc2)cs1)c1sc2ccccc2c1Cl. The van der Waals surface area contributed by atoms with Crippen molar-refractivity contribution in [3.05, 3.63) is 74.9 Å². The Kier molecular flexibility index (Phi) is 4.53. The predicted octanol–water partition coefficient (Wildman–Crippen LogP) is 5.61. The second-order valence-electron chi connectivity index (χ2n) is 5.42. The molecule has 124 valence electrons. The van der Waals surface area contributed by atoms with Gasteiger partial charge in [0.1, 0.15) is 9.88 Å². The first-order chi connectivity index (χ1) is 12.2. The van der Waals surface area contributed by atoms with Gasteiger partial charge in [-0.15, -0.1) is 22.7 Å². The molecular formula is C19H13ClN2OS2. The number of thiophene rings is 1. The first-order valence-electron chi connectivity index (χ1n) is 7.67. The molecule has 0 radical (unpaired) electrons. The molecule has 0 spiro atoms. The molecule has 0 bridgehead atoms. The summed E-state index contributed by atoms with van der Waals surface area (Å²) in [5.41, 5.74) is 2.00. The number of hydrogen-bond acceptors (Lipinski definition) is 4. The molecule has 3 nitrogen and oxygen atoms in total. The van der Waals surface area contributed by atoms with Crippen molar-refractivity contribution in [3.63, 3.8) is 0 Å². The summed E-state index contributed by atoms with van der Waals surface area (Å²) in [4.78, 5) is 17.6. The number of carbonyl (C=O) groups is 1. The maximum absolute atomic E-state index is 12.5. The molecule has 0 unspecified atom stereocenters. The van der Waals surface area contributed by atoms with E-state index in [2.05, 4.69) is 10.3 Å². The van der Waals surface area contributed by atoms with E-state index in [1.54, 1.807) is 0 Å². The minimum atomic E-state index is -0.164. The van der Waals surface area contributed by atoms with Crippen LogP contribution < -0.4 is 5.32 Å². The standard InChI is InChI=1S/C19H13ClN2OS2/c20-17-13-8-4-5-9-15(13)25-18(17)19(23)21-10-16-22-14(11-24-16)12-6-2-1-3-7-12/h1-9,11H,10H2,(H,21,23). The van der Waals surface area contributed by atoms with Crippen molar-refractivity contribution >= 4 is 50.3 Å². The van der Waals surface area contributed by atoms with Gasteiger partial charge in [-0.2, -0.15) is 0 Å². The van der Waals surface area contributed by atoms with Crippen molar-refractivity contribution in [3.8, 4) is 11.3 Å². The number of rotatable bonds is 4. The number of amides is 1. The van der Waals surface area contributed by atoms with Gasteiger partial charge in [-0.1, -0.05) is 60.1 Å². The Balaban J connectivity index is 1.48. The third-order valence-corrected chi connectivity index (χ3v) is 6.29. The van der Waals surface area contributed by atoms with Crippen LogP contribution in [0.1, 0.15) is 14.7 Å². The molecule has 1 amide bonds. The van der Waals surface area contributed by atoms with E-state index >= 15 is 0 Å². The Labute approximate surface area is 157 Å². The van der Waals surface area contributed by atoms with Gasteiger partial charge in [0.25, 0.3) is 5.91 Å². The summed E-state index contributed by atoms with van der Waals surface area (Å²) in [5.74, 6) is -0.164. The molecule has 0 saturated carbocycles. The average molecular weight is 385 g/mol. The van der Waals surface area contributed by atoms with Crippen LogP contribution in [0.2, 0.25) is 5.02 Å². The van der Waals surface area contributed by atoms with Crippen molar-refractivity contribution in [2.45, 2.75) is 6.54 Å². The third-order valence-electron chi connectivity index (χ3n) is 3.76. The fraction of sp³-hybridized carbons (Fsp3) is 0.0526. The summed E-state index contributed by atoms with van der Waals surface area (Å²) in [5, 5.41) is 7.22. The van der Waals surface area contributed by atoms with Gasteiger partial charge in [0, 0.05) is 21.0 Å². The van der Waals surface area contributed by atoms with Crippen LogP contribution in [0.25, 0.3) is 21.3 Å². The minimum absolute atomic E-state index is 0.164. The van der Waals surface area contributed by atoms with Crippen LogP contribution in [0.5, 0.6) is 0 Å². The van der Waals surface area contributed by atoms with Crippen molar-refractivity contribution in [2.75, 3.05) is 0 Å². The largest absolute Gasteiger partial charge is 0.345 e. The predicted molar refractivity (Wildman–Crippen MR) is 106 cm³/mol. The summed E-state index contributed by atoms with van der Waals surface area (Å²) in [6.45, 7) is 0.390. The number of benzene rings is 2. The highest BCUT2D eigenvalue weighted by Crippen LogP contribution is 2.35. The average Bonchev–Trinajstić information content (AvgIpc) is 3.26. The topological polar surface area (TPSA) is 42.0 Å². The maximum Gasteiger partial charge on any atom is 0.263 e. The number of fused-ring (bicyclic) bond motifs is 1. The van der Waals surface area contributed by atoms with Gasteiger partial charge in [0.05, 0.1) is 17.3 Å². The van der Waals surface area contributed by atoms with Crippen LogP contribution in [0.15, 0.2) is 60.0 Å². The molecular weight excluding hydrogens is 372 g/mol. The van der Waals surface area contributed by atoms with E-state index in [4.69, 9.17) is 11.6 Å². The Morgan fingerprint density at radius 2 is 1.84 bits per heavy atom. The molecule has 0 saturated heterocycles. The number of nitrogens with one attached hydrogen (secondary N) is 1. The summed E-state index contributed by atoms with van der Waals surface area (Å²) in [7, 11) is 0. The van der Waals surface area contributed by atoms with Gasteiger partial charge < -0.3 is 5.32 Å². The minimum Gasteiger partial charge on any atom is -0.345 e. The van der Waals surface area contributed by atoms with Crippen molar-refractivity contribution < 1.29 is 4.79 Å². The number of halogens is 1. The molecule has 0 aliphatic carbocycles. The molecule has 25 heavy (non-hydrogen) atoms. The monoisotopic (exact) mass is 384 g/mol. The van der Waals surface area contributed by atoms with Crippen molar-refractivity contribution in [1.29, 1.82) is 0 Å². The lowest BCUT2D eigenvalue weighted by molar-refractivity contribution is 0.0955. The van der Waals surface area contributed by atoms with Crippen molar-refractivity contribution in [2.24, 2.45) is 0 Å². The van der Waals surface area contributed by atoms with E-state index in [1.165, 1.54) is 22.7 Å². The van der Waals surface area contributed by atoms with Gasteiger partial charge in [0.15, 0.2) is 0 Å². The zero-order valence-corrected chi connectivity index (χ0v) is 15.4. The van der Waals surface area contributed by atoms with Gasteiger partial charge in [-0.25, -0.2) is 4.98 Å². The third kappa shape index (κ3) is 3.31. The molecule has 0 aliphatic rings. The molecule has 4 rings (SSSR count). The van der Waals surface area contributed by atoms with Crippen LogP contribution >= 0.6 is 34.3 Å². The van der Waals surface area contributed by atoms with E-state index in [0.29, 0.717) is 16.4 Å². The fourth-order valence-electron chi connectivity index (χ4n) is 2.53. The quantitative estimate of drug-likeness (QED) is 0.497. The first-order valence-corrected chi connectivity index (χ1v) is 9.75. The first kappa shape index (κ1) is 16.3. The molecule has 1 N–H and O–H groups in total. The lowest BCUT2D eigenvalue weighted by Gasteiger charge is -2.01. The van der Waals surface area contributed by atoms with E-state index in [1.807, 2.05) is 60.0 Å². The fourth-order valence-corrected chi connectivity index (χ4v) is 4.71. The van der Waals surface area contributed by atoms with Crippen LogP contribution in [-0.2, 0) is 6.54 Å². The molecule has 2 heterocycles. The van der Waals surface area contributed by atoms with E-state index in [0.717, 1.165) is 26.4 Å². The Morgan fingerprint density at radius 3 is 2.64 bits per heavy atom. The summed E-state index contributed by atoms with van der Waals surface area (Å²) in [6, 6.07) is 17.8. The zero-order chi connectivity index (χ0) is 17.2. The lowest BCUT2D eigenvalue weighted by Crippen LogP contribution is -2.22. The Hall–Kier alpha value is -2.21. The molecule has 0 atom stereocenters. The molecule has 6 heteroatoms. The molecule has 4 aromatic rings. The Bertz CT molecular complexity index is 1040. The maximum atomic E-state index is 12.5. The number of aromatic nitrogens is 1. The molecule has 2 aromatic carbocycles. The van der Waals surface area contributed by atoms with E-state index in [-0.39, 0.29) is 5.91 Å². The zero-order valence-electron chi connectivity index (χ0n) is 13.0. The van der Waals surface area contributed by atoms with Crippen LogP contribution in [0.3, 0.4) is 0 Å². The number of carbonyl (C=O) groups excluding carboxylic acids is 1. The highest BCUT2D eigenvalue weighted by molar-refractivity contribution is 7.21. The van der Waals surface area contributed by atoms with Gasteiger partial charge in [0.2, 0.25) is 0 Å². The van der Waals surface area contributed by atoms with Crippen LogP contribution in [-0.4, -0.2) is 10.9 Å².